The fraction of sp³-hybridized carbons (Fsp3) is 0.304. The predicted molar refractivity (Wildman–Crippen MR) is 125 cm³/mol. The normalized spacial score (nSPS) is 17.5. The van der Waals surface area contributed by atoms with Crippen molar-refractivity contribution >= 4 is 27.5 Å². The minimum absolute atomic E-state index is 0.0378. The lowest BCUT2D eigenvalue weighted by Crippen LogP contribution is -2.36. The summed E-state index contributed by atoms with van der Waals surface area (Å²) in [7, 11) is -3.01. The zero-order chi connectivity index (χ0) is 21.8. The van der Waals surface area contributed by atoms with Crippen molar-refractivity contribution in [3.63, 3.8) is 0 Å². The van der Waals surface area contributed by atoms with Crippen molar-refractivity contribution in [3.8, 4) is 22.4 Å². The summed E-state index contributed by atoms with van der Waals surface area (Å²) in [5, 5.41) is 3.60. The van der Waals surface area contributed by atoms with Crippen LogP contribution in [0.5, 0.6) is 0 Å². The third kappa shape index (κ3) is 5.19. The maximum absolute atomic E-state index is 12.3. The van der Waals surface area contributed by atoms with Gasteiger partial charge in [0.1, 0.15) is 0 Å². The highest BCUT2D eigenvalue weighted by Gasteiger charge is 2.28. The van der Waals surface area contributed by atoms with E-state index in [1.54, 1.807) is 0 Å². The average molecular weight is 456 g/mol. The van der Waals surface area contributed by atoms with Gasteiger partial charge in [0.05, 0.1) is 29.1 Å². The smallest absolute Gasteiger partial charge is 0.230 e. The average Bonchev–Trinajstić information content (AvgIpc) is 3.35. The second-order valence-corrected chi connectivity index (χ2v) is 10.7. The van der Waals surface area contributed by atoms with Gasteiger partial charge in [-0.15, -0.1) is 0 Å². The van der Waals surface area contributed by atoms with E-state index in [1.165, 1.54) is 17.3 Å². The van der Waals surface area contributed by atoms with E-state index in [0.29, 0.717) is 6.42 Å². The zero-order valence-electron chi connectivity index (χ0n) is 17.3. The second kappa shape index (κ2) is 9.28. The third-order valence-corrected chi connectivity index (χ3v) is 8.11. The number of imidazole rings is 1. The molecule has 0 radical (unpaired) electrons. The largest absolute Gasteiger partial charge is 0.352 e. The molecule has 1 atom stereocenters. The van der Waals surface area contributed by atoms with Gasteiger partial charge in [-0.05, 0) is 30.0 Å². The number of hydrogen-bond donors (Lipinski definition) is 1. The number of nitrogens with zero attached hydrogens (tertiary/aromatic N) is 2. The molecule has 1 aliphatic rings. The second-order valence-electron chi connectivity index (χ2n) is 7.57. The van der Waals surface area contributed by atoms with Gasteiger partial charge >= 0.3 is 0 Å². The molecule has 0 bridgehead atoms. The quantitative estimate of drug-likeness (QED) is 0.550. The monoisotopic (exact) mass is 455 g/mol. The van der Waals surface area contributed by atoms with Crippen LogP contribution in [-0.2, 0) is 21.2 Å². The number of amides is 1. The lowest BCUT2D eigenvalue weighted by Gasteiger charge is -2.12. The molecule has 0 unspecified atom stereocenters. The van der Waals surface area contributed by atoms with Gasteiger partial charge in [-0.2, -0.15) is 0 Å². The fourth-order valence-electron chi connectivity index (χ4n) is 3.78. The molecular formula is C23H25N3O3S2. The fourth-order valence-corrected chi connectivity index (χ4v) is 6.31. The molecule has 1 fully saturated rings. The minimum Gasteiger partial charge on any atom is -0.352 e. The molecule has 0 saturated carbocycles. The molecule has 4 rings (SSSR count). The van der Waals surface area contributed by atoms with Crippen LogP contribution < -0.4 is 5.32 Å². The Kier molecular flexibility index (Phi) is 6.48. The Balaban J connectivity index is 1.42. The summed E-state index contributed by atoms with van der Waals surface area (Å²) in [5.41, 5.74) is 4.41. The van der Waals surface area contributed by atoms with E-state index in [9.17, 15) is 13.2 Å². The number of hydrogen-bond acceptors (Lipinski definition) is 5. The van der Waals surface area contributed by atoms with Crippen LogP contribution in [0.3, 0.4) is 0 Å². The van der Waals surface area contributed by atoms with Crippen LogP contribution in [0.1, 0.15) is 13.3 Å². The summed E-state index contributed by atoms with van der Waals surface area (Å²) >= 11 is 1.37. The molecule has 2 aromatic carbocycles. The van der Waals surface area contributed by atoms with Crippen LogP contribution in [0.15, 0.2) is 66.0 Å². The van der Waals surface area contributed by atoms with Crippen molar-refractivity contribution < 1.29 is 13.2 Å². The minimum atomic E-state index is -3.01. The molecule has 8 heteroatoms. The van der Waals surface area contributed by atoms with Crippen molar-refractivity contribution in [2.45, 2.75) is 31.1 Å². The van der Waals surface area contributed by atoms with E-state index in [-0.39, 0.29) is 29.2 Å². The summed E-state index contributed by atoms with van der Waals surface area (Å²) in [4.78, 5) is 16.8. The Morgan fingerprint density at radius 1 is 1.10 bits per heavy atom. The molecule has 0 aliphatic carbocycles. The SMILES string of the molecule is CCn1c(-c2ccc(-c3ccccc3)cc2)cnc1SCC(=O)N[C@@H]1CCS(=O)(=O)C1. The van der Waals surface area contributed by atoms with Crippen molar-refractivity contribution in [1.29, 1.82) is 0 Å². The molecule has 162 valence electrons. The molecule has 6 nitrogen and oxygen atoms in total. The summed E-state index contributed by atoms with van der Waals surface area (Å²) in [5.74, 6) is 0.236. The topological polar surface area (TPSA) is 81.1 Å². The first-order valence-electron chi connectivity index (χ1n) is 10.3. The Labute approximate surface area is 187 Å². The van der Waals surface area contributed by atoms with E-state index in [2.05, 4.69) is 58.2 Å². The maximum Gasteiger partial charge on any atom is 0.230 e. The summed E-state index contributed by atoms with van der Waals surface area (Å²) < 4.78 is 25.2. The molecule has 1 N–H and O–H groups in total. The Morgan fingerprint density at radius 3 is 2.42 bits per heavy atom. The van der Waals surface area contributed by atoms with Gasteiger partial charge in [-0.3, -0.25) is 4.79 Å². The van der Waals surface area contributed by atoms with Crippen molar-refractivity contribution in [2.75, 3.05) is 17.3 Å². The summed E-state index contributed by atoms with van der Waals surface area (Å²) in [6.45, 7) is 2.79. The van der Waals surface area contributed by atoms with Crippen LogP contribution in [-0.4, -0.2) is 47.2 Å². The number of thioether (sulfide) groups is 1. The molecule has 1 aromatic heterocycles. The number of carbonyl (C=O) groups excluding carboxylic acids is 1. The van der Waals surface area contributed by atoms with E-state index in [0.717, 1.165) is 28.5 Å². The van der Waals surface area contributed by atoms with Crippen molar-refractivity contribution in [2.24, 2.45) is 0 Å². The van der Waals surface area contributed by atoms with Crippen LogP contribution in [0, 0.1) is 0 Å². The predicted octanol–water partition coefficient (Wildman–Crippen LogP) is 3.63. The molecule has 31 heavy (non-hydrogen) atoms. The van der Waals surface area contributed by atoms with Gasteiger partial charge < -0.3 is 9.88 Å². The number of rotatable bonds is 7. The lowest BCUT2D eigenvalue weighted by atomic mass is 10.0. The lowest BCUT2D eigenvalue weighted by molar-refractivity contribution is -0.119. The summed E-state index contributed by atoms with van der Waals surface area (Å²) in [6, 6.07) is 18.4. The van der Waals surface area contributed by atoms with Crippen LogP contribution in [0.25, 0.3) is 22.4 Å². The van der Waals surface area contributed by atoms with Crippen LogP contribution in [0.2, 0.25) is 0 Å². The first-order chi connectivity index (χ1) is 14.9. The Hall–Kier alpha value is -2.58. The van der Waals surface area contributed by atoms with Gasteiger partial charge in [0, 0.05) is 12.6 Å². The first-order valence-corrected chi connectivity index (χ1v) is 13.1. The highest BCUT2D eigenvalue weighted by Crippen LogP contribution is 2.28. The standard InChI is InChI=1S/C23H25N3O3S2/c1-2-26-21(19-10-8-18(9-11-19)17-6-4-3-5-7-17)14-24-23(26)30-15-22(27)25-20-12-13-31(28,29)16-20/h3-11,14,20H,2,12-13,15-16H2,1H3,(H,25,27)/t20-/m1/s1. The maximum atomic E-state index is 12.3. The molecule has 3 aromatic rings. The van der Waals surface area contributed by atoms with E-state index >= 15 is 0 Å². The zero-order valence-corrected chi connectivity index (χ0v) is 19.0. The van der Waals surface area contributed by atoms with E-state index < -0.39 is 9.84 Å². The highest BCUT2D eigenvalue weighted by atomic mass is 32.2. The van der Waals surface area contributed by atoms with Gasteiger partial charge in [-0.1, -0.05) is 66.4 Å². The highest BCUT2D eigenvalue weighted by molar-refractivity contribution is 7.99. The third-order valence-electron chi connectivity index (χ3n) is 5.35. The van der Waals surface area contributed by atoms with Gasteiger partial charge in [0.2, 0.25) is 5.91 Å². The molecule has 1 aliphatic heterocycles. The van der Waals surface area contributed by atoms with E-state index in [1.807, 2.05) is 24.4 Å². The van der Waals surface area contributed by atoms with Gasteiger partial charge in [-0.25, -0.2) is 13.4 Å². The molecule has 1 saturated heterocycles. The van der Waals surface area contributed by atoms with Crippen LogP contribution in [0.4, 0.5) is 0 Å². The van der Waals surface area contributed by atoms with Crippen molar-refractivity contribution in [3.05, 3.63) is 60.8 Å². The van der Waals surface area contributed by atoms with Gasteiger partial charge in [0.25, 0.3) is 0 Å². The first kappa shape index (κ1) is 21.6. The molecule has 2 heterocycles. The number of nitrogens with one attached hydrogen (secondary N) is 1. The number of aromatic nitrogens is 2. The summed E-state index contributed by atoms with van der Waals surface area (Å²) in [6.07, 6.45) is 2.33. The van der Waals surface area contributed by atoms with E-state index in [4.69, 9.17) is 0 Å². The number of sulfone groups is 1. The van der Waals surface area contributed by atoms with Crippen molar-refractivity contribution in [1.82, 2.24) is 14.9 Å². The number of carbonyl (C=O) groups is 1. The Bertz CT molecular complexity index is 1160. The van der Waals surface area contributed by atoms with Gasteiger partial charge in [0.15, 0.2) is 15.0 Å². The Morgan fingerprint density at radius 2 is 1.77 bits per heavy atom. The molecule has 0 spiro atoms. The molecule has 1 amide bonds. The van der Waals surface area contributed by atoms with Crippen LogP contribution >= 0.6 is 11.8 Å². The molecular weight excluding hydrogens is 430 g/mol. The number of benzene rings is 2.